The van der Waals surface area contributed by atoms with E-state index in [0.29, 0.717) is 30.2 Å². The largest absolute Gasteiger partial charge is 0.491 e. The highest BCUT2D eigenvalue weighted by atomic mass is 19.3. The summed E-state index contributed by atoms with van der Waals surface area (Å²) in [7, 11) is -0.996. The van der Waals surface area contributed by atoms with Crippen LogP contribution in [0.2, 0.25) is 0 Å². The Morgan fingerprint density at radius 3 is 2.72 bits per heavy atom. The summed E-state index contributed by atoms with van der Waals surface area (Å²) < 4.78 is 46.9. The van der Waals surface area contributed by atoms with E-state index in [1.54, 1.807) is 30.3 Å². The number of halogens is 2. The number of alkyl halides is 2. The molecule has 1 amide bonds. The molecule has 0 aromatic heterocycles. The molecule has 1 unspecified atom stereocenters. The topological polar surface area (TPSA) is 94.5 Å². The second-order valence-electron chi connectivity index (χ2n) is 9.40. The summed E-state index contributed by atoms with van der Waals surface area (Å²) in [6, 6.07) is 8.79. The fourth-order valence-electron chi connectivity index (χ4n) is 4.68. The number of hydrogen-bond donors (Lipinski definition) is 1. The highest BCUT2D eigenvalue weighted by Gasteiger charge is 2.40. The first-order valence-electron chi connectivity index (χ1n) is 11.9. The summed E-state index contributed by atoms with van der Waals surface area (Å²) in [5.74, 6) is -0.171. The van der Waals surface area contributed by atoms with Gasteiger partial charge in [0, 0.05) is 19.4 Å². The minimum Gasteiger partial charge on any atom is -0.489 e. The average Bonchev–Trinajstić information content (AvgIpc) is 3.44. The van der Waals surface area contributed by atoms with Gasteiger partial charge in [0.2, 0.25) is 5.91 Å². The van der Waals surface area contributed by atoms with Gasteiger partial charge in [0.15, 0.2) is 11.5 Å². The van der Waals surface area contributed by atoms with Crippen molar-refractivity contribution in [2.45, 2.75) is 51.4 Å². The Hall–Kier alpha value is -3.18. The molecule has 36 heavy (non-hydrogen) atoms. The summed E-state index contributed by atoms with van der Waals surface area (Å²) in [4.78, 5) is 26.9. The van der Waals surface area contributed by atoms with E-state index in [1.165, 1.54) is 17.9 Å². The van der Waals surface area contributed by atoms with Gasteiger partial charge in [0.05, 0.1) is 13.2 Å². The standard InChI is InChI=1S/C25H26BF2NO7/c1-14(30)29-11-17(16-4-7-22(36-25(27)28)23(10-16)33-12-15-2-3-15)9-21(29)24(31)35-19-5-6-20-18(8-19)13-34-26(20)32/h4-8,10,15,17,21,25,32H,2-3,9,11-13H2,1H3/t17?,21-/m1/s1. The second-order valence-corrected chi connectivity index (χ2v) is 9.40. The van der Waals surface area contributed by atoms with Gasteiger partial charge in [-0.05, 0) is 66.0 Å². The van der Waals surface area contributed by atoms with Crippen LogP contribution in [0.1, 0.15) is 43.2 Å². The first kappa shape index (κ1) is 24.5. The zero-order valence-electron chi connectivity index (χ0n) is 19.7. The molecule has 3 aliphatic rings. The van der Waals surface area contributed by atoms with Crippen molar-refractivity contribution >= 4 is 24.5 Å². The van der Waals surface area contributed by atoms with Crippen molar-refractivity contribution in [2.24, 2.45) is 5.92 Å². The van der Waals surface area contributed by atoms with Gasteiger partial charge < -0.3 is 28.8 Å². The Labute approximate surface area is 207 Å². The fraction of sp³-hybridized carbons (Fsp3) is 0.440. The van der Waals surface area contributed by atoms with Crippen LogP contribution in [0.3, 0.4) is 0 Å². The van der Waals surface area contributed by atoms with Crippen molar-refractivity contribution in [1.29, 1.82) is 0 Å². The third-order valence-electron chi connectivity index (χ3n) is 6.80. The van der Waals surface area contributed by atoms with E-state index in [2.05, 4.69) is 4.74 Å². The summed E-state index contributed by atoms with van der Waals surface area (Å²) in [6.45, 7) is -0.683. The van der Waals surface area contributed by atoms with Gasteiger partial charge >= 0.3 is 19.7 Å². The summed E-state index contributed by atoms with van der Waals surface area (Å²) in [5, 5.41) is 9.78. The summed E-state index contributed by atoms with van der Waals surface area (Å²) in [5.41, 5.74) is 2.11. The smallest absolute Gasteiger partial charge is 0.489 e. The fourth-order valence-corrected chi connectivity index (χ4v) is 4.68. The van der Waals surface area contributed by atoms with Gasteiger partial charge in [0.1, 0.15) is 11.8 Å². The Morgan fingerprint density at radius 1 is 1.19 bits per heavy atom. The van der Waals surface area contributed by atoms with Crippen LogP contribution in [0.25, 0.3) is 0 Å². The van der Waals surface area contributed by atoms with Crippen LogP contribution in [-0.2, 0) is 20.9 Å². The molecule has 190 valence electrons. The number of ether oxygens (including phenoxy) is 3. The van der Waals surface area contributed by atoms with Gasteiger partial charge in [0.25, 0.3) is 0 Å². The number of amides is 1. The van der Waals surface area contributed by atoms with Crippen LogP contribution >= 0.6 is 0 Å². The third-order valence-corrected chi connectivity index (χ3v) is 6.80. The average molecular weight is 501 g/mol. The van der Waals surface area contributed by atoms with Gasteiger partial charge in [-0.3, -0.25) is 4.79 Å². The van der Waals surface area contributed by atoms with Crippen LogP contribution < -0.4 is 19.7 Å². The SMILES string of the molecule is CC(=O)N1CC(c2ccc(OC(F)F)c(OCC3CC3)c2)C[C@@H]1C(=O)Oc1ccc2c(c1)COB2O. The number of likely N-dealkylation sites (tertiary alicyclic amines) is 1. The molecule has 0 spiro atoms. The van der Waals surface area contributed by atoms with Crippen LogP contribution in [0, 0.1) is 5.92 Å². The van der Waals surface area contributed by atoms with E-state index in [0.717, 1.165) is 24.0 Å². The van der Waals surface area contributed by atoms with E-state index >= 15 is 0 Å². The lowest BCUT2D eigenvalue weighted by Gasteiger charge is -2.21. The first-order valence-corrected chi connectivity index (χ1v) is 11.9. The Kier molecular flexibility index (Phi) is 6.85. The predicted molar refractivity (Wildman–Crippen MR) is 124 cm³/mol. The summed E-state index contributed by atoms with van der Waals surface area (Å²) in [6.07, 6.45) is 2.40. The Balaban J connectivity index is 1.32. The molecule has 0 bridgehead atoms. The molecule has 2 aromatic carbocycles. The number of fused-ring (bicyclic) bond motifs is 1. The lowest BCUT2D eigenvalue weighted by molar-refractivity contribution is -0.145. The van der Waals surface area contributed by atoms with Crippen molar-refractivity contribution in [3.05, 3.63) is 47.5 Å². The van der Waals surface area contributed by atoms with Gasteiger partial charge in [-0.25, -0.2) is 4.79 Å². The van der Waals surface area contributed by atoms with E-state index in [-0.39, 0.29) is 36.5 Å². The van der Waals surface area contributed by atoms with Gasteiger partial charge in [-0.2, -0.15) is 8.78 Å². The summed E-state index contributed by atoms with van der Waals surface area (Å²) >= 11 is 0. The number of nitrogens with zero attached hydrogens (tertiary/aromatic N) is 1. The molecule has 11 heteroatoms. The zero-order valence-corrected chi connectivity index (χ0v) is 19.7. The molecule has 1 saturated carbocycles. The zero-order chi connectivity index (χ0) is 25.4. The molecule has 5 rings (SSSR count). The molecule has 1 aliphatic carbocycles. The number of rotatable bonds is 8. The maximum absolute atomic E-state index is 13.1. The van der Waals surface area contributed by atoms with E-state index in [1.807, 2.05) is 0 Å². The highest BCUT2D eigenvalue weighted by molar-refractivity contribution is 6.61. The number of carbonyl (C=O) groups excluding carboxylic acids is 2. The second kappa shape index (κ2) is 10.1. The van der Waals surface area contributed by atoms with E-state index in [4.69, 9.17) is 14.1 Å². The lowest BCUT2D eigenvalue weighted by atomic mass is 9.80. The molecule has 1 saturated heterocycles. The molecular weight excluding hydrogens is 475 g/mol. The number of carbonyl (C=O) groups is 2. The third kappa shape index (κ3) is 5.32. The number of benzene rings is 2. The van der Waals surface area contributed by atoms with Gasteiger partial charge in [-0.15, -0.1) is 0 Å². The number of hydrogen-bond acceptors (Lipinski definition) is 7. The minimum absolute atomic E-state index is 0.0440. The molecule has 8 nitrogen and oxygen atoms in total. The van der Waals surface area contributed by atoms with Crippen LogP contribution in [-0.4, -0.2) is 54.7 Å². The molecule has 0 radical (unpaired) electrons. The van der Waals surface area contributed by atoms with Crippen molar-refractivity contribution in [3.8, 4) is 17.2 Å². The van der Waals surface area contributed by atoms with Crippen LogP contribution in [0.5, 0.6) is 17.2 Å². The van der Waals surface area contributed by atoms with Crippen molar-refractivity contribution in [2.75, 3.05) is 13.2 Å². The Bertz CT molecular complexity index is 1160. The van der Waals surface area contributed by atoms with Crippen molar-refractivity contribution < 1.29 is 42.3 Å². The van der Waals surface area contributed by atoms with Crippen molar-refractivity contribution in [3.63, 3.8) is 0 Å². The van der Waals surface area contributed by atoms with Crippen molar-refractivity contribution in [1.82, 2.24) is 4.90 Å². The molecule has 2 atom stereocenters. The quantitative estimate of drug-likeness (QED) is 0.338. The number of esters is 1. The molecule has 2 aromatic rings. The molecular formula is C25H26BF2NO7. The monoisotopic (exact) mass is 501 g/mol. The first-order chi connectivity index (χ1) is 17.3. The highest BCUT2D eigenvalue weighted by Crippen LogP contribution is 2.39. The molecule has 2 fully saturated rings. The molecule has 2 heterocycles. The minimum atomic E-state index is -2.98. The van der Waals surface area contributed by atoms with Gasteiger partial charge in [-0.1, -0.05) is 12.1 Å². The molecule has 2 aliphatic heterocycles. The van der Waals surface area contributed by atoms with E-state index in [9.17, 15) is 23.4 Å². The Morgan fingerprint density at radius 2 is 2.00 bits per heavy atom. The van der Waals surface area contributed by atoms with E-state index < -0.39 is 25.7 Å². The predicted octanol–water partition coefficient (Wildman–Crippen LogP) is 2.60. The normalized spacial score (nSPS) is 21.0. The maximum Gasteiger partial charge on any atom is 0.491 e. The maximum atomic E-state index is 13.1. The lowest BCUT2D eigenvalue weighted by Crippen LogP contribution is -2.41. The van der Waals surface area contributed by atoms with Crippen LogP contribution in [0.4, 0.5) is 8.78 Å². The van der Waals surface area contributed by atoms with Crippen LogP contribution in [0.15, 0.2) is 36.4 Å². The molecule has 1 N–H and O–H groups in total.